The van der Waals surface area contributed by atoms with E-state index in [4.69, 9.17) is 4.74 Å². The maximum atomic E-state index is 13.5. The summed E-state index contributed by atoms with van der Waals surface area (Å²) in [7, 11) is 1.40. The van der Waals surface area contributed by atoms with Crippen molar-refractivity contribution in [2.45, 2.75) is 39.1 Å². The molecular weight excluding hydrogens is 417 g/mol. The molecule has 0 saturated heterocycles. The number of hydrogen-bond donors (Lipinski definition) is 1. The molecule has 9 heteroatoms. The number of carbonyl (C=O) groups excluding carboxylic acids is 1. The minimum Gasteiger partial charge on any atom is -0.444 e. The van der Waals surface area contributed by atoms with Crippen LogP contribution in [0.15, 0.2) is 27.5 Å². The molecule has 26 heavy (non-hydrogen) atoms. The van der Waals surface area contributed by atoms with Gasteiger partial charge in [-0.05, 0) is 54.4 Å². The summed E-state index contributed by atoms with van der Waals surface area (Å²) < 4.78 is 46.1. The Labute approximate surface area is 156 Å². The monoisotopic (exact) mass is 434 g/mol. The summed E-state index contributed by atoms with van der Waals surface area (Å²) >= 11 is 2.76. The van der Waals surface area contributed by atoms with Crippen molar-refractivity contribution in [3.05, 3.63) is 44.2 Å². The van der Waals surface area contributed by atoms with Gasteiger partial charge in [-0.2, -0.15) is 13.2 Å². The molecule has 0 unspecified atom stereocenters. The van der Waals surface area contributed by atoms with Gasteiger partial charge in [0, 0.05) is 19.0 Å². The molecule has 0 bridgehead atoms. The van der Waals surface area contributed by atoms with Gasteiger partial charge in [-0.1, -0.05) is 6.07 Å². The Hall–Kier alpha value is -2.03. The van der Waals surface area contributed by atoms with E-state index in [-0.39, 0.29) is 17.4 Å². The summed E-state index contributed by atoms with van der Waals surface area (Å²) in [4.78, 5) is 23.7. The summed E-state index contributed by atoms with van der Waals surface area (Å²) in [6.07, 6.45) is -5.38. The second-order valence-electron chi connectivity index (χ2n) is 6.76. The van der Waals surface area contributed by atoms with Crippen molar-refractivity contribution in [3.8, 4) is 0 Å². The van der Waals surface area contributed by atoms with Crippen molar-refractivity contribution in [1.82, 2.24) is 9.88 Å². The molecule has 1 heterocycles. The van der Waals surface area contributed by atoms with Gasteiger partial charge in [0.05, 0.1) is 15.6 Å². The van der Waals surface area contributed by atoms with Gasteiger partial charge in [0.25, 0.3) is 5.56 Å². The summed E-state index contributed by atoms with van der Waals surface area (Å²) in [6.45, 7) is 5.10. The zero-order valence-electron chi connectivity index (χ0n) is 14.6. The number of nitrogens with one attached hydrogen (secondary N) is 1. The van der Waals surface area contributed by atoms with Crippen LogP contribution in [0.1, 0.15) is 31.9 Å². The van der Waals surface area contributed by atoms with Gasteiger partial charge in [0.1, 0.15) is 5.60 Å². The first-order valence-electron chi connectivity index (χ1n) is 7.66. The first kappa shape index (κ1) is 20.3. The number of alkyl carbamates (subject to hydrolysis) is 1. The van der Waals surface area contributed by atoms with Gasteiger partial charge in [0.2, 0.25) is 0 Å². The van der Waals surface area contributed by atoms with Crippen molar-refractivity contribution in [1.29, 1.82) is 0 Å². The van der Waals surface area contributed by atoms with Gasteiger partial charge < -0.3 is 14.6 Å². The molecule has 0 aliphatic rings. The molecule has 0 spiro atoms. The van der Waals surface area contributed by atoms with Crippen LogP contribution in [0.25, 0.3) is 10.9 Å². The lowest BCUT2D eigenvalue weighted by Gasteiger charge is -2.20. The maximum Gasteiger partial charge on any atom is 0.418 e. The highest BCUT2D eigenvalue weighted by Crippen LogP contribution is 2.38. The fourth-order valence-electron chi connectivity index (χ4n) is 2.43. The average molecular weight is 435 g/mol. The van der Waals surface area contributed by atoms with E-state index in [2.05, 4.69) is 21.2 Å². The standard InChI is InChI=1S/C17H18BrF3N2O3/c1-16(2,3)26-15(25)22-8-9-5-6-11-10(7-9)12(17(19,20)21)13(18)14(24)23(11)4/h5-7H,8H2,1-4H3,(H,22,25). The highest BCUT2D eigenvalue weighted by Gasteiger charge is 2.37. The molecule has 142 valence electrons. The molecule has 0 radical (unpaired) electrons. The quantitative estimate of drug-likeness (QED) is 0.764. The summed E-state index contributed by atoms with van der Waals surface area (Å²) in [6, 6.07) is 4.28. The predicted molar refractivity (Wildman–Crippen MR) is 95.0 cm³/mol. The van der Waals surface area contributed by atoms with E-state index < -0.39 is 33.5 Å². The predicted octanol–water partition coefficient (Wildman–Crippen LogP) is 4.34. The molecular formula is C17H18BrF3N2O3. The average Bonchev–Trinajstić information content (AvgIpc) is 2.47. The number of fused-ring (bicyclic) bond motifs is 1. The Kier molecular flexibility index (Phi) is 5.41. The molecule has 2 aromatic rings. The molecule has 1 amide bonds. The lowest BCUT2D eigenvalue weighted by atomic mass is 10.0. The van der Waals surface area contributed by atoms with Crippen LogP contribution < -0.4 is 10.9 Å². The minimum absolute atomic E-state index is 0.0113. The normalized spacial score (nSPS) is 12.3. The molecule has 0 fully saturated rings. The molecule has 0 aliphatic carbocycles. The third-order valence-electron chi connectivity index (χ3n) is 3.52. The fraction of sp³-hybridized carbons (Fsp3) is 0.412. The van der Waals surface area contributed by atoms with Crippen molar-refractivity contribution < 1.29 is 22.7 Å². The van der Waals surface area contributed by atoms with Crippen molar-refractivity contribution in [3.63, 3.8) is 0 Å². The highest BCUT2D eigenvalue weighted by atomic mass is 79.9. The van der Waals surface area contributed by atoms with Crippen LogP contribution in [-0.2, 0) is 24.5 Å². The first-order chi connectivity index (χ1) is 11.8. The van der Waals surface area contributed by atoms with Gasteiger partial charge in [0.15, 0.2) is 0 Å². The second-order valence-corrected chi connectivity index (χ2v) is 7.55. The fourth-order valence-corrected chi connectivity index (χ4v) is 3.14. The van der Waals surface area contributed by atoms with Crippen LogP contribution in [0.2, 0.25) is 0 Å². The molecule has 2 rings (SSSR count). The number of amides is 1. The number of hydrogen-bond acceptors (Lipinski definition) is 3. The third-order valence-corrected chi connectivity index (χ3v) is 4.26. The highest BCUT2D eigenvalue weighted by molar-refractivity contribution is 9.10. The zero-order chi connectivity index (χ0) is 19.9. The molecule has 1 N–H and O–H groups in total. The van der Waals surface area contributed by atoms with Crippen LogP contribution >= 0.6 is 15.9 Å². The van der Waals surface area contributed by atoms with E-state index >= 15 is 0 Å². The molecule has 1 aromatic heterocycles. The molecule has 5 nitrogen and oxygen atoms in total. The number of nitrogens with zero attached hydrogens (tertiary/aromatic N) is 1. The van der Waals surface area contributed by atoms with E-state index in [0.29, 0.717) is 5.56 Å². The van der Waals surface area contributed by atoms with Crippen LogP contribution in [0.5, 0.6) is 0 Å². The van der Waals surface area contributed by atoms with Crippen LogP contribution in [0, 0.1) is 0 Å². The van der Waals surface area contributed by atoms with E-state index in [9.17, 15) is 22.8 Å². The summed E-state index contributed by atoms with van der Waals surface area (Å²) in [5, 5.41) is 2.37. The topological polar surface area (TPSA) is 60.3 Å². The Morgan fingerprint density at radius 3 is 2.42 bits per heavy atom. The summed E-state index contributed by atoms with van der Waals surface area (Å²) in [5.74, 6) is 0. The number of pyridine rings is 1. The largest absolute Gasteiger partial charge is 0.444 e. The number of ether oxygens (including phenoxy) is 1. The van der Waals surface area contributed by atoms with Gasteiger partial charge in [-0.3, -0.25) is 4.79 Å². The number of carbonyl (C=O) groups is 1. The molecule has 0 aliphatic heterocycles. The minimum atomic E-state index is -4.71. The summed E-state index contributed by atoms with van der Waals surface area (Å²) in [5.41, 5.74) is -1.90. The molecule has 1 aromatic carbocycles. The number of aryl methyl sites for hydroxylation is 1. The number of aromatic nitrogens is 1. The van der Waals surface area contributed by atoms with Gasteiger partial charge in [-0.25, -0.2) is 4.79 Å². The lowest BCUT2D eigenvalue weighted by molar-refractivity contribution is -0.137. The van der Waals surface area contributed by atoms with Crippen LogP contribution in [-0.4, -0.2) is 16.3 Å². The Morgan fingerprint density at radius 2 is 1.88 bits per heavy atom. The second kappa shape index (κ2) is 6.94. The number of benzene rings is 1. The van der Waals surface area contributed by atoms with Crippen molar-refractivity contribution >= 4 is 32.9 Å². The Balaban J connectivity index is 2.46. The van der Waals surface area contributed by atoms with Crippen molar-refractivity contribution in [2.24, 2.45) is 7.05 Å². The third kappa shape index (κ3) is 4.38. The smallest absolute Gasteiger partial charge is 0.418 e. The zero-order valence-corrected chi connectivity index (χ0v) is 16.2. The Bertz CT molecular complexity index is 915. The van der Waals surface area contributed by atoms with Crippen LogP contribution in [0.3, 0.4) is 0 Å². The molecule has 0 atom stereocenters. The van der Waals surface area contributed by atoms with Crippen LogP contribution in [0.4, 0.5) is 18.0 Å². The van der Waals surface area contributed by atoms with E-state index in [1.807, 2.05) is 0 Å². The van der Waals surface area contributed by atoms with E-state index in [1.54, 1.807) is 26.8 Å². The maximum absolute atomic E-state index is 13.5. The van der Waals surface area contributed by atoms with Gasteiger partial charge in [-0.15, -0.1) is 0 Å². The Morgan fingerprint density at radius 1 is 1.27 bits per heavy atom. The number of halogens is 4. The van der Waals surface area contributed by atoms with Crippen molar-refractivity contribution in [2.75, 3.05) is 0 Å². The molecule has 0 saturated carbocycles. The SMILES string of the molecule is Cn1c(=O)c(Br)c(C(F)(F)F)c2cc(CNC(=O)OC(C)(C)C)ccc21. The number of rotatable bonds is 2. The van der Waals surface area contributed by atoms with Gasteiger partial charge >= 0.3 is 12.3 Å². The number of alkyl halides is 3. The lowest BCUT2D eigenvalue weighted by Crippen LogP contribution is -2.32. The van der Waals surface area contributed by atoms with E-state index in [0.717, 1.165) is 4.57 Å². The first-order valence-corrected chi connectivity index (χ1v) is 8.45. The van der Waals surface area contributed by atoms with E-state index in [1.165, 1.54) is 19.2 Å².